The zero-order valence-electron chi connectivity index (χ0n) is 13.8. The Morgan fingerprint density at radius 1 is 1.04 bits per heavy atom. The molecule has 0 aromatic carbocycles. The van der Waals surface area contributed by atoms with E-state index < -0.39 is 37.0 Å². The predicted molar refractivity (Wildman–Crippen MR) is 83.7 cm³/mol. The fraction of sp³-hybridized carbons (Fsp3) is 0.875. The van der Waals surface area contributed by atoms with Gasteiger partial charge in [0, 0.05) is 6.42 Å². The molecule has 0 radical (unpaired) electrons. The van der Waals surface area contributed by atoms with Crippen LogP contribution in [0.1, 0.15) is 58.3 Å². The molecule has 0 aromatic rings. The molecule has 0 heterocycles. The van der Waals surface area contributed by atoms with Gasteiger partial charge in [0.2, 0.25) is 0 Å². The van der Waals surface area contributed by atoms with Crippen LogP contribution in [-0.4, -0.2) is 63.7 Å². The summed E-state index contributed by atoms with van der Waals surface area (Å²) in [6, 6.07) is 0. The van der Waals surface area contributed by atoms with Crippen molar-refractivity contribution in [3.63, 3.8) is 0 Å². The van der Waals surface area contributed by atoms with Crippen LogP contribution in [0, 0.1) is 0 Å². The second kappa shape index (κ2) is 13.4. The first-order chi connectivity index (χ1) is 11.0. The van der Waals surface area contributed by atoms with Crippen molar-refractivity contribution in [3.8, 4) is 0 Å². The van der Waals surface area contributed by atoms with E-state index in [1.54, 1.807) is 0 Å². The van der Waals surface area contributed by atoms with Gasteiger partial charge in [0.05, 0.1) is 6.61 Å². The number of aldehydes is 1. The van der Waals surface area contributed by atoms with E-state index in [9.17, 15) is 24.9 Å². The molecular weight excluding hydrogens is 304 g/mol. The highest BCUT2D eigenvalue weighted by Gasteiger charge is 2.34. The minimum Gasteiger partial charge on any atom is -0.457 e. The second-order valence-corrected chi connectivity index (χ2v) is 5.69. The van der Waals surface area contributed by atoms with E-state index in [0.717, 1.165) is 19.3 Å². The van der Waals surface area contributed by atoms with Gasteiger partial charge < -0.3 is 30.0 Å². The molecule has 0 spiro atoms. The summed E-state index contributed by atoms with van der Waals surface area (Å²) in [5.74, 6) is -0.645. The Morgan fingerprint density at radius 3 is 2.13 bits per heavy atom. The fourth-order valence-corrected chi connectivity index (χ4v) is 2.19. The topological polar surface area (TPSA) is 124 Å². The van der Waals surface area contributed by atoms with Crippen LogP contribution in [0.5, 0.6) is 0 Å². The number of esters is 1. The molecule has 0 aromatic heterocycles. The van der Waals surface area contributed by atoms with Crippen LogP contribution in [0.3, 0.4) is 0 Å². The maximum Gasteiger partial charge on any atom is 0.306 e. The first kappa shape index (κ1) is 22.0. The summed E-state index contributed by atoms with van der Waals surface area (Å²) in [6.07, 6.45) is 0.719. The average molecular weight is 334 g/mol. The summed E-state index contributed by atoms with van der Waals surface area (Å²) in [4.78, 5) is 22.2. The van der Waals surface area contributed by atoms with Gasteiger partial charge in [0.25, 0.3) is 0 Å². The molecular formula is C16H30O7. The largest absolute Gasteiger partial charge is 0.457 e. The summed E-state index contributed by atoms with van der Waals surface area (Å²) in [6.45, 7) is 1.38. The van der Waals surface area contributed by atoms with E-state index in [4.69, 9.17) is 9.84 Å². The van der Waals surface area contributed by atoms with E-state index in [0.29, 0.717) is 6.42 Å². The lowest BCUT2D eigenvalue weighted by Gasteiger charge is -2.27. The van der Waals surface area contributed by atoms with Crippen molar-refractivity contribution >= 4 is 12.3 Å². The van der Waals surface area contributed by atoms with E-state index in [2.05, 4.69) is 6.92 Å². The molecule has 136 valence electrons. The molecule has 0 bridgehead atoms. The number of rotatable bonds is 14. The van der Waals surface area contributed by atoms with Gasteiger partial charge in [-0.1, -0.05) is 45.4 Å². The molecule has 23 heavy (non-hydrogen) atoms. The number of aliphatic hydroxyl groups excluding tert-OH is 4. The average Bonchev–Trinajstić information content (AvgIpc) is 2.56. The Morgan fingerprint density at radius 2 is 1.61 bits per heavy atom. The van der Waals surface area contributed by atoms with Gasteiger partial charge in [-0.05, 0) is 6.42 Å². The first-order valence-corrected chi connectivity index (χ1v) is 8.27. The lowest BCUT2D eigenvalue weighted by Crippen LogP contribution is -2.49. The van der Waals surface area contributed by atoms with Crippen LogP contribution in [0.25, 0.3) is 0 Å². The Kier molecular flexibility index (Phi) is 12.8. The van der Waals surface area contributed by atoms with Crippen LogP contribution in [0.2, 0.25) is 0 Å². The highest BCUT2D eigenvalue weighted by molar-refractivity contribution is 5.69. The van der Waals surface area contributed by atoms with Gasteiger partial charge in [-0.25, -0.2) is 0 Å². The van der Waals surface area contributed by atoms with Gasteiger partial charge in [-0.3, -0.25) is 4.79 Å². The standard InChI is InChI=1S/C16H30O7/c1-2-3-4-5-6-7-8-9-14(21)23-16(13(20)11-18)15(22)12(19)10-17/h10,12-13,15-16,18-20,22H,2-9,11H2,1H3/t12-,13+,15+,16+/m0/s1. The predicted octanol–water partition coefficient (Wildman–Crippen LogP) is 0.313. The summed E-state index contributed by atoms with van der Waals surface area (Å²) >= 11 is 0. The van der Waals surface area contributed by atoms with Crippen LogP contribution in [0.15, 0.2) is 0 Å². The molecule has 0 saturated heterocycles. The Balaban J connectivity index is 4.16. The Bertz CT molecular complexity index is 322. The van der Waals surface area contributed by atoms with Crippen LogP contribution in [0.4, 0.5) is 0 Å². The molecule has 0 rings (SSSR count). The zero-order valence-corrected chi connectivity index (χ0v) is 13.8. The van der Waals surface area contributed by atoms with Crippen LogP contribution < -0.4 is 0 Å². The number of carbonyl (C=O) groups excluding carboxylic acids is 2. The highest BCUT2D eigenvalue weighted by Crippen LogP contribution is 2.13. The van der Waals surface area contributed by atoms with Crippen LogP contribution >= 0.6 is 0 Å². The van der Waals surface area contributed by atoms with Crippen molar-refractivity contribution < 1.29 is 34.8 Å². The number of hydrogen-bond acceptors (Lipinski definition) is 7. The van der Waals surface area contributed by atoms with E-state index >= 15 is 0 Å². The van der Waals surface area contributed by atoms with Gasteiger partial charge in [0.15, 0.2) is 12.4 Å². The number of carbonyl (C=O) groups is 2. The SMILES string of the molecule is CCCCCCCCCC(=O)O[C@@H]([C@H](O)[C@@H](O)C=O)[C@H](O)CO. The van der Waals surface area contributed by atoms with E-state index in [-0.39, 0.29) is 12.7 Å². The summed E-state index contributed by atoms with van der Waals surface area (Å²) < 4.78 is 4.92. The Labute approximate surface area is 137 Å². The third-order valence-electron chi connectivity index (χ3n) is 3.64. The monoisotopic (exact) mass is 334 g/mol. The minimum atomic E-state index is -1.80. The molecule has 0 saturated carbocycles. The summed E-state index contributed by atoms with van der Waals surface area (Å²) in [5, 5.41) is 37.4. The summed E-state index contributed by atoms with van der Waals surface area (Å²) in [7, 11) is 0. The quantitative estimate of drug-likeness (QED) is 0.205. The van der Waals surface area contributed by atoms with Gasteiger partial charge in [-0.2, -0.15) is 0 Å². The second-order valence-electron chi connectivity index (χ2n) is 5.69. The van der Waals surface area contributed by atoms with Crippen molar-refractivity contribution in [1.29, 1.82) is 0 Å². The van der Waals surface area contributed by atoms with Gasteiger partial charge in [0.1, 0.15) is 18.3 Å². The lowest BCUT2D eigenvalue weighted by atomic mass is 10.0. The summed E-state index contributed by atoms with van der Waals surface area (Å²) in [5.41, 5.74) is 0. The minimum absolute atomic E-state index is 0.0753. The highest BCUT2D eigenvalue weighted by atomic mass is 16.6. The first-order valence-electron chi connectivity index (χ1n) is 8.27. The maximum absolute atomic E-state index is 11.7. The number of aliphatic hydroxyl groups is 4. The third kappa shape index (κ3) is 9.65. The zero-order chi connectivity index (χ0) is 17.7. The normalized spacial score (nSPS) is 16.4. The number of unbranched alkanes of at least 4 members (excludes halogenated alkanes) is 6. The molecule has 0 aliphatic heterocycles. The molecule has 0 aliphatic carbocycles. The van der Waals surface area contributed by atoms with Crippen molar-refractivity contribution in [2.75, 3.05) is 6.61 Å². The molecule has 4 N–H and O–H groups in total. The smallest absolute Gasteiger partial charge is 0.306 e. The number of ether oxygens (including phenoxy) is 1. The van der Waals surface area contributed by atoms with Crippen molar-refractivity contribution in [2.45, 2.75) is 82.7 Å². The lowest BCUT2D eigenvalue weighted by molar-refractivity contribution is -0.175. The number of hydrogen-bond donors (Lipinski definition) is 4. The van der Waals surface area contributed by atoms with Crippen molar-refractivity contribution in [2.24, 2.45) is 0 Å². The molecule has 7 nitrogen and oxygen atoms in total. The van der Waals surface area contributed by atoms with Gasteiger partial charge in [-0.15, -0.1) is 0 Å². The third-order valence-corrected chi connectivity index (χ3v) is 3.64. The molecule has 4 atom stereocenters. The molecule has 0 amide bonds. The van der Waals surface area contributed by atoms with E-state index in [1.165, 1.54) is 19.3 Å². The molecule has 0 unspecified atom stereocenters. The van der Waals surface area contributed by atoms with Gasteiger partial charge >= 0.3 is 5.97 Å². The van der Waals surface area contributed by atoms with E-state index in [1.807, 2.05) is 0 Å². The van der Waals surface area contributed by atoms with Crippen LogP contribution in [-0.2, 0) is 14.3 Å². The fourth-order valence-electron chi connectivity index (χ4n) is 2.19. The Hall–Kier alpha value is -1.02. The molecule has 7 heteroatoms. The van der Waals surface area contributed by atoms with Crippen molar-refractivity contribution in [1.82, 2.24) is 0 Å². The molecule has 0 aliphatic rings. The van der Waals surface area contributed by atoms with Crippen molar-refractivity contribution in [3.05, 3.63) is 0 Å². The maximum atomic E-state index is 11.7. The molecule has 0 fully saturated rings.